The lowest BCUT2D eigenvalue weighted by atomic mass is 10.4. The third-order valence-electron chi connectivity index (χ3n) is 2.09. The Hall–Kier alpha value is -2.37. The van der Waals surface area contributed by atoms with E-state index in [1.165, 1.54) is 21.4 Å². The van der Waals surface area contributed by atoms with Crippen molar-refractivity contribution < 1.29 is 4.79 Å². The molecule has 16 heavy (non-hydrogen) atoms. The molecule has 0 aliphatic rings. The zero-order valence-electron chi connectivity index (χ0n) is 8.41. The van der Waals surface area contributed by atoms with Gasteiger partial charge in [-0.1, -0.05) is 6.07 Å². The quantitative estimate of drug-likeness (QED) is 0.764. The van der Waals surface area contributed by atoms with Crippen molar-refractivity contribution in [1.82, 2.24) is 14.3 Å². The molecule has 6 heteroatoms. The number of nitrogens with two attached hydrogens (primary N) is 1. The fourth-order valence-corrected chi connectivity index (χ4v) is 1.31. The predicted molar refractivity (Wildman–Crippen MR) is 56.8 cm³/mol. The monoisotopic (exact) mass is 218 g/mol. The Bertz CT molecular complexity index is 570. The van der Waals surface area contributed by atoms with Crippen molar-refractivity contribution in [3.05, 3.63) is 52.7 Å². The second kappa shape index (κ2) is 4.01. The summed E-state index contributed by atoms with van der Waals surface area (Å²) >= 11 is 0. The maximum atomic E-state index is 11.4. The lowest BCUT2D eigenvalue weighted by Crippen LogP contribution is -2.22. The zero-order valence-corrected chi connectivity index (χ0v) is 8.41. The maximum Gasteiger partial charge on any atom is 0.269 e. The first kappa shape index (κ1) is 10.2. The van der Waals surface area contributed by atoms with Crippen LogP contribution in [0, 0.1) is 0 Å². The molecule has 1 amide bonds. The molecule has 0 radical (unpaired) electrons. The Labute approximate surface area is 90.9 Å². The van der Waals surface area contributed by atoms with Gasteiger partial charge in [-0.05, 0) is 12.1 Å². The number of amides is 1. The first-order chi connectivity index (χ1) is 7.66. The molecule has 0 spiro atoms. The first-order valence-electron chi connectivity index (χ1n) is 4.65. The average molecular weight is 218 g/mol. The second-order valence-corrected chi connectivity index (χ2v) is 3.25. The highest BCUT2D eigenvalue weighted by molar-refractivity contribution is 5.90. The van der Waals surface area contributed by atoms with Gasteiger partial charge in [-0.2, -0.15) is 5.10 Å². The summed E-state index contributed by atoms with van der Waals surface area (Å²) in [5, 5.41) is 3.93. The van der Waals surface area contributed by atoms with Crippen LogP contribution in [0.1, 0.15) is 10.5 Å². The molecule has 2 aromatic heterocycles. The van der Waals surface area contributed by atoms with Crippen LogP contribution in [0.4, 0.5) is 0 Å². The Morgan fingerprint density at radius 1 is 1.31 bits per heavy atom. The number of carbonyl (C=O) groups excluding carboxylic acids is 1. The number of hydrogen-bond donors (Lipinski definition) is 1. The second-order valence-electron chi connectivity index (χ2n) is 3.25. The van der Waals surface area contributed by atoms with Gasteiger partial charge in [0.2, 0.25) is 0 Å². The smallest absolute Gasteiger partial charge is 0.269 e. The molecule has 6 nitrogen and oxygen atoms in total. The Balaban J connectivity index is 2.24. The molecule has 0 fully saturated rings. The summed E-state index contributed by atoms with van der Waals surface area (Å²) in [6.07, 6.45) is 3.24. The van der Waals surface area contributed by atoms with Gasteiger partial charge in [0.25, 0.3) is 11.5 Å². The van der Waals surface area contributed by atoms with Crippen LogP contribution in [0.15, 0.2) is 41.5 Å². The van der Waals surface area contributed by atoms with Crippen molar-refractivity contribution >= 4 is 5.91 Å². The fourth-order valence-electron chi connectivity index (χ4n) is 1.31. The standard InChI is InChI=1S/C10H10N4O2/c11-10(16)8-4-6-14(12-8)7-13-5-2-1-3-9(13)15/h1-6H,7H2,(H2,11,16). The minimum atomic E-state index is -0.584. The summed E-state index contributed by atoms with van der Waals surface area (Å²) < 4.78 is 2.94. The number of pyridine rings is 1. The number of primary amides is 1. The molecule has 0 unspecified atom stereocenters. The molecule has 0 saturated heterocycles. The predicted octanol–water partition coefficient (Wildman–Crippen LogP) is -0.351. The molecule has 2 aromatic rings. The molecule has 2 N–H and O–H groups in total. The summed E-state index contributed by atoms with van der Waals surface area (Å²) in [6, 6.07) is 6.38. The van der Waals surface area contributed by atoms with Crippen molar-refractivity contribution in [1.29, 1.82) is 0 Å². The lowest BCUT2D eigenvalue weighted by Gasteiger charge is -2.04. The highest BCUT2D eigenvalue weighted by atomic mass is 16.1. The van der Waals surface area contributed by atoms with E-state index in [2.05, 4.69) is 5.10 Å². The molecule has 82 valence electrons. The summed E-state index contributed by atoms with van der Waals surface area (Å²) in [5.74, 6) is -0.584. The average Bonchev–Trinajstić information content (AvgIpc) is 2.70. The zero-order chi connectivity index (χ0) is 11.5. The number of hydrogen-bond acceptors (Lipinski definition) is 3. The van der Waals surface area contributed by atoms with E-state index in [-0.39, 0.29) is 17.9 Å². The van der Waals surface area contributed by atoms with Crippen LogP contribution in [0.5, 0.6) is 0 Å². The topological polar surface area (TPSA) is 82.9 Å². The molecule has 0 aromatic carbocycles. The van der Waals surface area contributed by atoms with E-state index in [4.69, 9.17) is 5.73 Å². The van der Waals surface area contributed by atoms with Crippen LogP contribution in [-0.2, 0) is 6.67 Å². The van der Waals surface area contributed by atoms with Crippen molar-refractivity contribution in [2.45, 2.75) is 6.67 Å². The Morgan fingerprint density at radius 2 is 2.12 bits per heavy atom. The third-order valence-corrected chi connectivity index (χ3v) is 2.09. The minimum absolute atomic E-state index is 0.126. The van der Waals surface area contributed by atoms with Crippen molar-refractivity contribution in [2.75, 3.05) is 0 Å². The van der Waals surface area contributed by atoms with Crippen LogP contribution < -0.4 is 11.3 Å². The van der Waals surface area contributed by atoms with Crippen LogP contribution in [0.3, 0.4) is 0 Å². The number of nitrogens with zero attached hydrogens (tertiary/aromatic N) is 3. The van der Waals surface area contributed by atoms with E-state index in [0.717, 1.165) is 0 Å². The molecule has 0 saturated carbocycles. The van der Waals surface area contributed by atoms with Gasteiger partial charge in [0.15, 0.2) is 0 Å². The summed E-state index contributed by atoms with van der Waals surface area (Å²) in [7, 11) is 0. The fraction of sp³-hybridized carbons (Fsp3) is 0.100. The van der Waals surface area contributed by atoms with Gasteiger partial charge in [-0.15, -0.1) is 0 Å². The highest BCUT2D eigenvalue weighted by Crippen LogP contribution is 1.94. The lowest BCUT2D eigenvalue weighted by molar-refractivity contribution is 0.0994. The summed E-state index contributed by atoms with van der Waals surface area (Å²) in [6.45, 7) is 0.257. The van der Waals surface area contributed by atoms with E-state index in [1.54, 1.807) is 24.5 Å². The van der Waals surface area contributed by atoms with Crippen molar-refractivity contribution in [2.24, 2.45) is 5.73 Å². The molecule has 0 bridgehead atoms. The largest absolute Gasteiger partial charge is 0.364 e. The minimum Gasteiger partial charge on any atom is -0.364 e. The van der Waals surface area contributed by atoms with E-state index in [1.807, 2.05) is 0 Å². The number of aromatic nitrogens is 3. The van der Waals surface area contributed by atoms with Gasteiger partial charge < -0.3 is 5.73 Å². The first-order valence-corrected chi connectivity index (χ1v) is 4.65. The van der Waals surface area contributed by atoms with Gasteiger partial charge in [-0.3, -0.25) is 18.8 Å². The van der Waals surface area contributed by atoms with Crippen LogP contribution in [-0.4, -0.2) is 20.3 Å². The Morgan fingerprint density at radius 3 is 2.75 bits per heavy atom. The van der Waals surface area contributed by atoms with Gasteiger partial charge in [0.05, 0.1) is 0 Å². The van der Waals surface area contributed by atoms with Gasteiger partial charge in [0, 0.05) is 18.5 Å². The highest BCUT2D eigenvalue weighted by Gasteiger charge is 2.04. The number of rotatable bonds is 3. The maximum absolute atomic E-state index is 11.4. The summed E-state index contributed by atoms with van der Waals surface area (Å²) in [5.41, 5.74) is 5.13. The van der Waals surface area contributed by atoms with E-state index in [9.17, 15) is 9.59 Å². The molecular formula is C10H10N4O2. The van der Waals surface area contributed by atoms with Crippen LogP contribution in [0.25, 0.3) is 0 Å². The molecule has 0 atom stereocenters. The Kier molecular flexibility index (Phi) is 2.55. The number of carbonyl (C=O) groups is 1. The molecule has 0 aliphatic carbocycles. The summed E-state index contributed by atoms with van der Waals surface area (Å²) in [4.78, 5) is 22.2. The molecular weight excluding hydrogens is 208 g/mol. The molecule has 2 heterocycles. The van der Waals surface area contributed by atoms with Crippen LogP contribution in [0.2, 0.25) is 0 Å². The van der Waals surface area contributed by atoms with Gasteiger partial charge in [-0.25, -0.2) is 0 Å². The van der Waals surface area contributed by atoms with E-state index >= 15 is 0 Å². The van der Waals surface area contributed by atoms with E-state index < -0.39 is 5.91 Å². The van der Waals surface area contributed by atoms with Crippen molar-refractivity contribution in [3.63, 3.8) is 0 Å². The SMILES string of the molecule is NC(=O)c1ccn(Cn2ccccc2=O)n1. The molecule has 0 aliphatic heterocycles. The van der Waals surface area contributed by atoms with Gasteiger partial charge in [0.1, 0.15) is 12.4 Å². The normalized spacial score (nSPS) is 10.2. The van der Waals surface area contributed by atoms with Crippen LogP contribution >= 0.6 is 0 Å². The van der Waals surface area contributed by atoms with Gasteiger partial charge >= 0.3 is 0 Å². The van der Waals surface area contributed by atoms with Crippen molar-refractivity contribution in [3.8, 4) is 0 Å². The third kappa shape index (κ3) is 2.00. The molecule has 2 rings (SSSR count). The van der Waals surface area contributed by atoms with E-state index in [0.29, 0.717) is 0 Å².